The minimum atomic E-state index is -8.74. The number of nitrogens with zero attached hydrogens (tertiary/aromatic N) is 1. The second kappa shape index (κ2) is 9.21. The first-order valence-corrected chi connectivity index (χ1v) is 9.81. The van der Waals surface area contributed by atoms with E-state index in [2.05, 4.69) is 0 Å². The molecule has 0 rings (SSSR count). The Bertz CT molecular complexity index is 852. The van der Waals surface area contributed by atoms with Crippen LogP contribution in [0.2, 0.25) is 0 Å². The molecule has 0 radical (unpaired) electrons. The van der Waals surface area contributed by atoms with E-state index in [9.17, 15) is 83.1 Å². The number of likely N-dealkylation sites (N-methyl/N-ethyl adjacent to an activating group) is 1. The van der Waals surface area contributed by atoms with Crippen molar-refractivity contribution in [3.05, 3.63) is 0 Å². The zero-order chi connectivity index (χ0) is 28.9. The molecule has 0 amide bonds. The van der Waals surface area contributed by atoms with Crippen molar-refractivity contribution in [2.75, 3.05) is 26.0 Å². The quantitative estimate of drug-likeness (QED) is 0.340. The van der Waals surface area contributed by atoms with Crippen LogP contribution in [0.1, 0.15) is 6.42 Å². The normalized spacial score (nSPS) is 16.2. The van der Waals surface area contributed by atoms with Crippen LogP contribution < -0.4 is 0 Å². The van der Waals surface area contributed by atoms with Gasteiger partial charge in [-0.3, -0.25) is 0 Å². The van der Waals surface area contributed by atoms with Gasteiger partial charge < -0.3 is 5.11 Å². The van der Waals surface area contributed by atoms with Crippen LogP contribution in [0.5, 0.6) is 0 Å². The van der Waals surface area contributed by atoms with Crippen molar-refractivity contribution in [2.45, 2.75) is 54.1 Å². The van der Waals surface area contributed by atoms with Crippen LogP contribution in [0.15, 0.2) is 0 Å². The van der Waals surface area contributed by atoms with Gasteiger partial charge in [-0.25, -0.2) is 12.7 Å². The van der Waals surface area contributed by atoms with E-state index in [0.717, 1.165) is 0 Å². The van der Waals surface area contributed by atoms with Crippen molar-refractivity contribution in [2.24, 2.45) is 0 Å². The highest BCUT2D eigenvalue weighted by molar-refractivity contribution is 7.89. The molecule has 0 heterocycles. The van der Waals surface area contributed by atoms with Crippen molar-refractivity contribution >= 4 is 10.0 Å². The molecular weight excluding hydrogens is 573 g/mol. The van der Waals surface area contributed by atoms with Crippen molar-refractivity contribution < 1.29 is 88.2 Å². The Labute approximate surface area is 183 Å². The lowest BCUT2D eigenvalue weighted by atomic mass is 9.88. The van der Waals surface area contributed by atoms with E-state index in [1.807, 2.05) is 0 Å². The van der Waals surface area contributed by atoms with Gasteiger partial charge in [-0.2, -0.15) is 74.6 Å². The molecule has 0 bridgehead atoms. The van der Waals surface area contributed by atoms with E-state index in [1.165, 1.54) is 0 Å². The molecule has 0 saturated heterocycles. The van der Waals surface area contributed by atoms with Crippen LogP contribution in [0.4, 0.5) is 74.6 Å². The number of sulfonamides is 1. The molecule has 212 valence electrons. The summed E-state index contributed by atoms with van der Waals surface area (Å²) in [5.41, 5.74) is 0. The first-order valence-electron chi connectivity index (χ1n) is 8.20. The van der Waals surface area contributed by atoms with Gasteiger partial charge in [0.25, 0.3) is 0 Å². The molecule has 0 fully saturated rings. The van der Waals surface area contributed by atoms with Gasteiger partial charge in [-0.1, -0.05) is 0 Å². The number of halogens is 17. The minimum absolute atomic E-state index is 0.0398. The minimum Gasteiger partial charge on any atom is -0.395 e. The fraction of sp³-hybridized carbons (Fsp3) is 1.00. The molecule has 35 heavy (non-hydrogen) atoms. The third-order valence-electron chi connectivity index (χ3n) is 4.35. The van der Waals surface area contributed by atoms with E-state index >= 15 is 0 Å². The second-order valence-corrected chi connectivity index (χ2v) is 8.96. The smallest absolute Gasteiger partial charge is 0.395 e. The van der Waals surface area contributed by atoms with Gasteiger partial charge in [0.1, 0.15) is 0 Å². The SMILES string of the molecule is CN(CCO)S(=O)(=O)CCC(F)(F)C(F)(F)C(F)(F)C(F)(F)C(F)(F)C(F)(F)C(F)(F)C(F)(F)F. The molecule has 0 spiro atoms. The molecule has 0 aliphatic rings. The average Bonchev–Trinajstić information content (AvgIpc) is 2.64. The van der Waals surface area contributed by atoms with Gasteiger partial charge in [0.05, 0.1) is 12.4 Å². The summed E-state index contributed by atoms with van der Waals surface area (Å²) < 4.78 is 246. The highest BCUT2D eigenvalue weighted by Crippen LogP contribution is 2.64. The molecule has 1 N–H and O–H groups in total. The monoisotopic (exact) mass is 585 g/mol. The fourth-order valence-corrected chi connectivity index (χ4v) is 3.23. The zero-order valence-corrected chi connectivity index (χ0v) is 17.2. The number of aliphatic hydroxyl groups is 1. The lowest BCUT2D eigenvalue weighted by molar-refractivity contribution is -0.461. The van der Waals surface area contributed by atoms with Gasteiger partial charge in [0.2, 0.25) is 10.0 Å². The van der Waals surface area contributed by atoms with Crippen LogP contribution in [-0.2, 0) is 10.0 Å². The van der Waals surface area contributed by atoms with Crippen LogP contribution in [0.25, 0.3) is 0 Å². The maximum Gasteiger partial charge on any atom is 0.460 e. The van der Waals surface area contributed by atoms with Crippen LogP contribution in [0, 0.1) is 0 Å². The first kappa shape index (κ1) is 33.7. The van der Waals surface area contributed by atoms with Crippen molar-refractivity contribution in [3.8, 4) is 0 Å². The fourth-order valence-electron chi connectivity index (χ4n) is 2.05. The van der Waals surface area contributed by atoms with Crippen LogP contribution in [0.3, 0.4) is 0 Å². The second-order valence-electron chi connectivity index (χ2n) is 6.76. The Morgan fingerprint density at radius 3 is 1.23 bits per heavy atom. The Kier molecular flexibility index (Phi) is 8.86. The molecule has 0 aliphatic carbocycles. The molecule has 4 nitrogen and oxygen atoms in total. The predicted octanol–water partition coefficient (Wildman–Crippen LogP) is 4.64. The Morgan fingerprint density at radius 2 is 0.914 bits per heavy atom. The summed E-state index contributed by atoms with van der Waals surface area (Å²) in [5.74, 6) is -59.8. The maximum atomic E-state index is 13.7. The lowest BCUT2D eigenvalue weighted by Gasteiger charge is -2.42. The summed E-state index contributed by atoms with van der Waals surface area (Å²) >= 11 is 0. The van der Waals surface area contributed by atoms with E-state index in [1.54, 1.807) is 0 Å². The van der Waals surface area contributed by atoms with Crippen molar-refractivity contribution in [1.29, 1.82) is 0 Å². The number of alkyl halides is 17. The summed E-state index contributed by atoms with van der Waals surface area (Å²) in [6.07, 6.45) is -10.9. The summed E-state index contributed by atoms with van der Waals surface area (Å²) in [4.78, 5) is 0. The number of hydrogen-bond donors (Lipinski definition) is 1. The Morgan fingerprint density at radius 1 is 0.600 bits per heavy atom. The summed E-state index contributed by atoms with van der Waals surface area (Å²) in [7, 11) is -4.64. The first-order chi connectivity index (χ1) is 14.9. The summed E-state index contributed by atoms with van der Waals surface area (Å²) in [6.45, 7) is -1.92. The molecule has 22 heteroatoms. The molecule has 0 unspecified atom stereocenters. The molecule has 0 aliphatic heterocycles. The Balaban J connectivity index is 6.50. The van der Waals surface area contributed by atoms with E-state index in [0.29, 0.717) is 7.05 Å². The van der Waals surface area contributed by atoms with Gasteiger partial charge in [-0.05, 0) is 0 Å². The standard InChI is InChI=1S/C13H12F17NO3S/c1-31(3-4-32)35(33,34)5-2-6(14,15)7(16,17)8(18,19)9(20,21)10(22,23)11(24,25)12(26,27)13(28,29)30/h32H,2-5H2,1H3. The van der Waals surface area contributed by atoms with Gasteiger partial charge >= 0.3 is 47.6 Å². The lowest BCUT2D eigenvalue weighted by Crippen LogP contribution is -2.74. The van der Waals surface area contributed by atoms with Crippen molar-refractivity contribution in [3.63, 3.8) is 0 Å². The highest BCUT2D eigenvalue weighted by atomic mass is 32.2. The predicted molar refractivity (Wildman–Crippen MR) is 78.8 cm³/mol. The topological polar surface area (TPSA) is 57.6 Å². The third kappa shape index (κ3) is 5.10. The zero-order valence-electron chi connectivity index (χ0n) is 16.4. The van der Waals surface area contributed by atoms with Gasteiger partial charge in [0, 0.05) is 20.0 Å². The highest BCUT2D eigenvalue weighted by Gasteiger charge is 2.95. The molecule has 0 aromatic carbocycles. The van der Waals surface area contributed by atoms with Gasteiger partial charge in [0.15, 0.2) is 0 Å². The summed E-state index contributed by atoms with van der Waals surface area (Å²) in [5, 5.41) is 8.49. The Hall–Kier alpha value is -1.32. The third-order valence-corrected chi connectivity index (χ3v) is 6.20. The van der Waals surface area contributed by atoms with E-state index in [4.69, 9.17) is 5.11 Å². The number of rotatable bonds is 12. The molecular formula is C13H12F17NO3S. The molecule has 0 atom stereocenters. The van der Waals surface area contributed by atoms with E-state index in [-0.39, 0.29) is 4.31 Å². The largest absolute Gasteiger partial charge is 0.460 e. The maximum absolute atomic E-state index is 13.7. The van der Waals surface area contributed by atoms with Crippen LogP contribution >= 0.6 is 0 Å². The van der Waals surface area contributed by atoms with Crippen molar-refractivity contribution in [1.82, 2.24) is 4.31 Å². The van der Waals surface area contributed by atoms with Crippen LogP contribution in [-0.4, -0.2) is 91.4 Å². The average molecular weight is 585 g/mol. The molecule has 0 aromatic heterocycles. The molecule has 0 saturated carbocycles. The summed E-state index contributed by atoms with van der Waals surface area (Å²) in [6, 6.07) is 0. The number of hydrogen-bond acceptors (Lipinski definition) is 3. The number of aliphatic hydroxyl groups excluding tert-OH is 1. The van der Waals surface area contributed by atoms with Gasteiger partial charge in [-0.15, -0.1) is 0 Å². The molecule has 0 aromatic rings. The van der Waals surface area contributed by atoms with E-state index < -0.39 is 83.0 Å².